The minimum Gasteiger partial charge on any atom is -0.334 e. The first kappa shape index (κ1) is 7.98. The van der Waals surface area contributed by atoms with Crippen LogP contribution in [0.25, 0.3) is 0 Å². The van der Waals surface area contributed by atoms with Gasteiger partial charge in [-0.25, -0.2) is 4.98 Å². The van der Waals surface area contributed by atoms with E-state index in [9.17, 15) is 4.91 Å². The highest BCUT2D eigenvalue weighted by Gasteiger charge is 2.09. The molecule has 1 rings (SSSR count). The maximum atomic E-state index is 10.2. The van der Waals surface area contributed by atoms with Crippen molar-refractivity contribution in [2.24, 2.45) is 12.2 Å². The summed E-state index contributed by atoms with van der Waals surface area (Å²) in [6.45, 7) is 1.80. The van der Waals surface area contributed by atoms with Gasteiger partial charge in [-0.1, -0.05) is 0 Å². The maximum absolute atomic E-state index is 10.2. The highest BCUT2D eigenvalue weighted by molar-refractivity contribution is 6.08. The molecule has 0 spiro atoms. The molecule has 5 heteroatoms. The number of aryl methyl sites for hydroxylation is 1. The number of hydrogen-bond acceptors (Lipinski definition) is 3. The van der Waals surface area contributed by atoms with Crippen LogP contribution in [-0.4, -0.2) is 17.4 Å². The summed E-state index contributed by atoms with van der Waals surface area (Å²) < 4.78 is 1.76. The van der Waals surface area contributed by atoms with Crippen LogP contribution in [-0.2, 0) is 13.4 Å². The van der Waals surface area contributed by atoms with Gasteiger partial charge in [0.15, 0.2) is 0 Å². The van der Waals surface area contributed by atoms with Crippen molar-refractivity contribution < 1.29 is 0 Å². The zero-order chi connectivity index (χ0) is 8.43. The van der Waals surface area contributed by atoms with Crippen molar-refractivity contribution in [2.45, 2.75) is 13.2 Å². The van der Waals surface area contributed by atoms with Gasteiger partial charge in [-0.3, -0.25) is 0 Å². The molecule has 0 fully saturated rings. The van der Waals surface area contributed by atoms with Gasteiger partial charge in [0, 0.05) is 7.05 Å². The lowest BCUT2D eigenvalue weighted by molar-refractivity contribution is 0.821. The predicted molar refractivity (Wildman–Crippen MR) is 42.9 cm³/mol. The van der Waals surface area contributed by atoms with Gasteiger partial charge in [-0.2, -0.15) is 0 Å². The fourth-order valence-electron chi connectivity index (χ4n) is 0.939. The summed E-state index contributed by atoms with van der Waals surface area (Å²) in [5.74, 6) is 0.951. The van der Waals surface area contributed by atoms with Crippen molar-refractivity contribution in [1.29, 1.82) is 0 Å². The second-order valence-electron chi connectivity index (χ2n) is 2.28. The molecule has 11 heavy (non-hydrogen) atoms. The van der Waals surface area contributed by atoms with Gasteiger partial charge in [-0.15, -0.1) is 4.91 Å². The van der Waals surface area contributed by atoms with Gasteiger partial charge in [-0.05, 0) is 18.4 Å². The molecular weight excluding hydrogens is 141 g/mol. The van der Waals surface area contributed by atoms with Gasteiger partial charge >= 0.3 is 0 Å². The van der Waals surface area contributed by atoms with Gasteiger partial charge in [0.25, 0.3) is 0 Å². The second-order valence-corrected chi connectivity index (χ2v) is 2.28. The molecule has 0 unspecified atom stereocenters. The third kappa shape index (κ3) is 1.18. The first-order chi connectivity index (χ1) is 5.20. The molecule has 0 aliphatic rings. The fourth-order valence-corrected chi connectivity index (χ4v) is 0.939. The third-order valence-corrected chi connectivity index (χ3v) is 1.70. The molecule has 56 valence electrons. The molecule has 0 amide bonds. The number of imidazole rings is 1. The van der Waals surface area contributed by atoms with Crippen molar-refractivity contribution in [1.82, 2.24) is 9.55 Å². The molecule has 0 N–H and O–H groups in total. The van der Waals surface area contributed by atoms with Crippen molar-refractivity contribution in [3.63, 3.8) is 0 Å². The van der Waals surface area contributed by atoms with Crippen LogP contribution in [0.3, 0.4) is 0 Å². The van der Waals surface area contributed by atoms with Crippen molar-refractivity contribution >= 4 is 13.7 Å². The normalized spacial score (nSPS) is 10.0. The van der Waals surface area contributed by atoms with Crippen LogP contribution in [0.15, 0.2) is 5.18 Å². The van der Waals surface area contributed by atoms with Crippen molar-refractivity contribution in [3.8, 4) is 0 Å². The van der Waals surface area contributed by atoms with E-state index in [4.69, 9.17) is 7.85 Å². The van der Waals surface area contributed by atoms with Crippen molar-refractivity contribution in [3.05, 3.63) is 16.4 Å². The van der Waals surface area contributed by atoms with Gasteiger partial charge in [0.1, 0.15) is 5.82 Å². The van der Waals surface area contributed by atoms with Gasteiger partial charge < -0.3 is 4.57 Å². The van der Waals surface area contributed by atoms with E-state index in [-0.39, 0.29) is 5.82 Å². The molecular formula is C6H8BN3O. The Kier molecular flexibility index (Phi) is 2.07. The molecule has 0 aliphatic carbocycles. The van der Waals surface area contributed by atoms with E-state index in [2.05, 4.69) is 10.2 Å². The Morgan fingerprint density at radius 3 is 2.73 bits per heavy atom. The summed E-state index contributed by atoms with van der Waals surface area (Å²) in [6, 6.07) is 0. The van der Waals surface area contributed by atoms with Crippen LogP contribution < -0.4 is 0 Å². The molecule has 0 saturated carbocycles. The van der Waals surface area contributed by atoms with E-state index in [1.54, 1.807) is 18.5 Å². The predicted octanol–water partition coefficient (Wildman–Crippen LogP) is 0.795. The Balaban J connectivity index is 3.26. The van der Waals surface area contributed by atoms with E-state index in [1.807, 2.05) is 0 Å². The minimum atomic E-state index is 0.201. The monoisotopic (exact) mass is 149 g/mol. The van der Waals surface area contributed by atoms with Crippen LogP contribution in [0.2, 0.25) is 0 Å². The lowest BCUT2D eigenvalue weighted by atomic mass is 10.0. The summed E-state index contributed by atoms with van der Waals surface area (Å²) in [4.78, 5) is 14.1. The molecule has 0 bridgehead atoms. The average molecular weight is 149 g/mol. The Morgan fingerprint density at radius 1 is 1.73 bits per heavy atom. The van der Waals surface area contributed by atoms with E-state index >= 15 is 0 Å². The molecule has 0 aromatic carbocycles. The van der Waals surface area contributed by atoms with Crippen LogP contribution >= 0.6 is 0 Å². The van der Waals surface area contributed by atoms with Crippen molar-refractivity contribution in [2.75, 3.05) is 0 Å². The summed E-state index contributed by atoms with van der Waals surface area (Å²) in [6.07, 6.45) is 0.290. The highest BCUT2D eigenvalue weighted by atomic mass is 16.3. The van der Waals surface area contributed by atoms with Crippen LogP contribution in [0.5, 0.6) is 0 Å². The zero-order valence-electron chi connectivity index (χ0n) is 6.53. The lowest BCUT2D eigenvalue weighted by Gasteiger charge is -1.98. The maximum Gasteiger partial charge on any atom is 0.217 e. The average Bonchev–Trinajstić information content (AvgIpc) is 2.28. The van der Waals surface area contributed by atoms with E-state index < -0.39 is 0 Å². The van der Waals surface area contributed by atoms with Crippen LogP contribution in [0, 0.1) is 11.8 Å². The standard InChI is InChI=1S/C6H8BN3O/c1-4-8-6(9-11)5(3-7)10(4)2/h3H2,1-2H3. The molecule has 1 aromatic rings. The largest absolute Gasteiger partial charge is 0.334 e. The lowest BCUT2D eigenvalue weighted by Crippen LogP contribution is -1.97. The fraction of sp³-hybridized carbons (Fsp3) is 0.500. The first-order valence-electron chi connectivity index (χ1n) is 3.26. The molecule has 1 heterocycles. The van der Waals surface area contributed by atoms with Gasteiger partial charge in [0.2, 0.25) is 5.82 Å². The number of rotatable bonds is 2. The smallest absolute Gasteiger partial charge is 0.217 e. The summed E-state index contributed by atoms with van der Waals surface area (Å²) in [5.41, 5.74) is 0.678. The SMILES string of the molecule is [B]Cc1c(N=O)nc(C)n1C. The zero-order valence-corrected chi connectivity index (χ0v) is 6.53. The molecule has 4 nitrogen and oxygen atoms in total. The Labute approximate surface area is 66.0 Å². The van der Waals surface area contributed by atoms with E-state index in [1.165, 1.54) is 0 Å². The quantitative estimate of drug-likeness (QED) is 0.461. The summed E-state index contributed by atoms with van der Waals surface area (Å²) in [5, 5.41) is 2.76. The Hall–Kier alpha value is -1.13. The summed E-state index contributed by atoms with van der Waals surface area (Å²) in [7, 11) is 7.19. The number of nitrogens with zero attached hydrogens (tertiary/aromatic N) is 3. The number of hydrogen-bond donors (Lipinski definition) is 0. The highest BCUT2D eigenvalue weighted by Crippen LogP contribution is 2.17. The molecule has 0 saturated heterocycles. The number of nitroso groups, excluding NO2 is 1. The Morgan fingerprint density at radius 2 is 2.36 bits per heavy atom. The van der Waals surface area contributed by atoms with Crippen LogP contribution in [0.1, 0.15) is 11.5 Å². The summed E-state index contributed by atoms with van der Waals surface area (Å²) >= 11 is 0. The molecule has 0 atom stereocenters. The second kappa shape index (κ2) is 2.86. The third-order valence-electron chi connectivity index (χ3n) is 1.70. The van der Waals surface area contributed by atoms with Crippen LogP contribution in [0.4, 0.5) is 5.82 Å². The molecule has 2 radical (unpaired) electrons. The number of aromatic nitrogens is 2. The topological polar surface area (TPSA) is 47.2 Å². The molecule has 0 aliphatic heterocycles. The van der Waals surface area contributed by atoms with Gasteiger partial charge in [0.05, 0.1) is 13.5 Å². The van der Waals surface area contributed by atoms with E-state index in [0.717, 1.165) is 5.82 Å². The first-order valence-corrected chi connectivity index (χ1v) is 3.26. The minimum absolute atomic E-state index is 0.201. The molecule has 1 aromatic heterocycles. The Bertz CT molecular complexity index is 282. The van der Waals surface area contributed by atoms with E-state index in [0.29, 0.717) is 12.0 Å².